The molecule has 1 aromatic carbocycles. The lowest BCUT2D eigenvalue weighted by atomic mass is 9.73. The lowest BCUT2D eigenvalue weighted by molar-refractivity contribution is -0.137. The van der Waals surface area contributed by atoms with E-state index in [-0.39, 0.29) is 17.8 Å². The molecular weight excluding hydrogens is 536 g/mol. The summed E-state index contributed by atoms with van der Waals surface area (Å²) in [6.07, 6.45) is 4.94. The van der Waals surface area contributed by atoms with Gasteiger partial charge in [0.05, 0.1) is 32.4 Å². The molecule has 0 spiro atoms. The second-order valence-electron chi connectivity index (χ2n) is 11.3. The normalized spacial score (nSPS) is 16.7. The highest BCUT2D eigenvalue weighted by Crippen LogP contribution is 2.40. The number of fused-ring (bicyclic) bond motifs is 1. The van der Waals surface area contributed by atoms with Crippen LogP contribution in [0.1, 0.15) is 59.7 Å². The predicted octanol–water partition coefficient (Wildman–Crippen LogP) is 4.30. The van der Waals surface area contributed by atoms with E-state index in [0.29, 0.717) is 50.9 Å². The number of hydrogen-bond donors (Lipinski definition) is 2. The van der Waals surface area contributed by atoms with Crippen LogP contribution in [-0.4, -0.2) is 73.0 Å². The van der Waals surface area contributed by atoms with Crippen molar-refractivity contribution >= 4 is 11.8 Å². The zero-order chi connectivity index (χ0) is 29.5. The van der Waals surface area contributed by atoms with Gasteiger partial charge < -0.3 is 29.4 Å². The van der Waals surface area contributed by atoms with Crippen molar-refractivity contribution in [1.82, 2.24) is 14.8 Å². The van der Waals surface area contributed by atoms with E-state index >= 15 is 0 Å². The van der Waals surface area contributed by atoms with Crippen molar-refractivity contribution in [1.29, 1.82) is 0 Å². The van der Waals surface area contributed by atoms with Gasteiger partial charge in [0.15, 0.2) is 0 Å². The van der Waals surface area contributed by atoms with Crippen LogP contribution in [0.15, 0.2) is 36.4 Å². The van der Waals surface area contributed by atoms with Gasteiger partial charge in [0, 0.05) is 63.4 Å². The number of carboxylic acid groups (broad SMARTS) is 1. The maximum absolute atomic E-state index is 12.0. The molecule has 10 nitrogen and oxygen atoms in total. The first kappa shape index (κ1) is 29.8. The lowest BCUT2D eigenvalue weighted by Gasteiger charge is -2.37. The first-order chi connectivity index (χ1) is 20.4. The summed E-state index contributed by atoms with van der Waals surface area (Å²) in [6.45, 7) is 3.33. The molecule has 226 valence electrons. The Kier molecular flexibility index (Phi) is 9.64. The number of nitrogens with zero attached hydrogens (tertiary/aromatic N) is 3. The van der Waals surface area contributed by atoms with E-state index < -0.39 is 5.97 Å². The minimum Gasteiger partial charge on any atom is -0.496 e. The van der Waals surface area contributed by atoms with E-state index in [1.807, 2.05) is 19.2 Å². The van der Waals surface area contributed by atoms with Crippen molar-refractivity contribution in [2.24, 2.45) is 7.05 Å². The molecular formula is C32H42N4O6. The van der Waals surface area contributed by atoms with Crippen LogP contribution in [0.5, 0.6) is 11.6 Å². The van der Waals surface area contributed by atoms with E-state index in [0.717, 1.165) is 60.6 Å². The molecule has 1 fully saturated rings. The second kappa shape index (κ2) is 13.6. The quantitative estimate of drug-likeness (QED) is 0.306. The molecule has 1 unspecified atom stereocenters. The highest BCUT2D eigenvalue weighted by molar-refractivity contribution is 5.68. The molecule has 1 saturated heterocycles. The summed E-state index contributed by atoms with van der Waals surface area (Å²) in [7, 11) is 5.18. The molecule has 2 aromatic heterocycles. The van der Waals surface area contributed by atoms with Crippen molar-refractivity contribution in [3.05, 3.63) is 64.5 Å². The maximum atomic E-state index is 12.0. The Labute approximate surface area is 247 Å². The van der Waals surface area contributed by atoms with Crippen molar-refractivity contribution in [3.8, 4) is 11.6 Å². The van der Waals surface area contributed by atoms with Gasteiger partial charge in [-0.05, 0) is 60.9 Å². The SMILES string of the molecule is COCC1(c2ccc(OC)c(C(CC(=O)O)Cc3cc(OCCc4ccc5c(n4)NCCC5)n(C)n3)c2)CCOCC1. The third kappa shape index (κ3) is 6.87. The molecule has 0 bridgehead atoms. The van der Waals surface area contributed by atoms with Crippen LogP contribution in [-0.2, 0) is 46.0 Å². The van der Waals surface area contributed by atoms with Crippen molar-refractivity contribution in [2.75, 3.05) is 52.5 Å². The Morgan fingerprint density at radius 3 is 2.76 bits per heavy atom. The number of pyridine rings is 1. The number of methoxy groups -OCH3 is 2. The third-order valence-corrected chi connectivity index (χ3v) is 8.48. The van der Waals surface area contributed by atoms with E-state index in [1.165, 1.54) is 5.56 Å². The molecule has 10 heteroatoms. The largest absolute Gasteiger partial charge is 0.496 e. The van der Waals surface area contributed by atoms with Gasteiger partial charge in [-0.2, -0.15) is 5.10 Å². The van der Waals surface area contributed by atoms with Crippen LogP contribution < -0.4 is 14.8 Å². The lowest BCUT2D eigenvalue weighted by Crippen LogP contribution is -2.38. The average molecular weight is 579 g/mol. The number of aromatic nitrogens is 3. The molecule has 42 heavy (non-hydrogen) atoms. The molecule has 2 N–H and O–H groups in total. The summed E-state index contributed by atoms with van der Waals surface area (Å²) >= 11 is 0. The van der Waals surface area contributed by atoms with Gasteiger partial charge in [-0.25, -0.2) is 9.67 Å². The number of rotatable bonds is 13. The molecule has 5 rings (SSSR count). The molecule has 2 aliphatic rings. The van der Waals surface area contributed by atoms with Gasteiger partial charge in [0.2, 0.25) is 5.88 Å². The number of ether oxygens (including phenoxy) is 4. The number of nitrogens with one attached hydrogen (secondary N) is 1. The van der Waals surface area contributed by atoms with E-state index in [1.54, 1.807) is 18.9 Å². The monoisotopic (exact) mass is 578 g/mol. The standard InChI is InChI=1S/C32H42N4O6/c1-36-29(42-14-10-25-8-6-22-5-4-13-33-31(22)34-25)20-26(35-36)17-23(18-30(37)38)27-19-24(7-9-28(27)40-3)32(21-39-2)11-15-41-16-12-32/h6-9,19-20,23H,4-5,10-18,21H2,1-3H3,(H,33,34)(H,37,38). The number of aryl methyl sites for hydroxylation is 2. The van der Waals surface area contributed by atoms with E-state index in [2.05, 4.69) is 34.7 Å². The van der Waals surface area contributed by atoms with Crippen LogP contribution in [0.4, 0.5) is 5.82 Å². The third-order valence-electron chi connectivity index (χ3n) is 8.48. The van der Waals surface area contributed by atoms with Crippen molar-refractivity contribution < 1.29 is 28.8 Å². The predicted molar refractivity (Wildman–Crippen MR) is 159 cm³/mol. The number of aliphatic carboxylic acids is 1. The fraction of sp³-hybridized carbons (Fsp3) is 0.531. The van der Waals surface area contributed by atoms with Gasteiger partial charge in [-0.15, -0.1) is 0 Å². The van der Waals surface area contributed by atoms with Crippen LogP contribution in [0.25, 0.3) is 0 Å². The number of benzene rings is 1. The molecule has 0 amide bonds. The Hall–Kier alpha value is -3.63. The van der Waals surface area contributed by atoms with Crippen LogP contribution in [0.3, 0.4) is 0 Å². The first-order valence-electron chi connectivity index (χ1n) is 14.8. The molecule has 1 atom stereocenters. The highest BCUT2D eigenvalue weighted by Gasteiger charge is 2.36. The van der Waals surface area contributed by atoms with Gasteiger partial charge in [0.1, 0.15) is 11.6 Å². The number of hydrogen-bond acceptors (Lipinski definition) is 8. The summed E-state index contributed by atoms with van der Waals surface area (Å²) < 4.78 is 24.8. The Balaban J connectivity index is 1.32. The van der Waals surface area contributed by atoms with Crippen LogP contribution in [0, 0.1) is 0 Å². The summed E-state index contributed by atoms with van der Waals surface area (Å²) in [4.78, 5) is 16.8. The molecule has 4 heterocycles. The number of anilines is 1. The zero-order valence-corrected chi connectivity index (χ0v) is 24.9. The smallest absolute Gasteiger partial charge is 0.303 e. The average Bonchev–Trinajstić information content (AvgIpc) is 3.35. The minimum atomic E-state index is -0.871. The number of carboxylic acids is 1. The summed E-state index contributed by atoms with van der Waals surface area (Å²) in [5.74, 6) is 1.08. The molecule has 3 aromatic rings. The maximum Gasteiger partial charge on any atom is 0.303 e. The Morgan fingerprint density at radius 1 is 1.17 bits per heavy atom. The Bertz CT molecular complexity index is 1360. The van der Waals surface area contributed by atoms with Gasteiger partial charge >= 0.3 is 5.97 Å². The van der Waals surface area contributed by atoms with Crippen molar-refractivity contribution in [2.45, 2.75) is 56.3 Å². The van der Waals surface area contributed by atoms with Crippen LogP contribution >= 0.6 is 0 Å². The summed E-state index contributed by atoms with van der Waals surface area (Å²) in [6, 6.07) is 12.2. The van der Waals surface area contributed by atoms with E-state index in [9.17, 15) is 9.90 Å². The summed E-state index contributed by atoms with van der Waals surface area (Å²) in [5.41, 5.74) is 4.81. The van der Waals surface area contributed by atoms with Crippen molar-refractivity contribution in [3.63, 3.8) is 0 Å². The summed E-state index contributed by atoms with van der Waals surface area (Å²) in [5, 5.41) is 17.9. The van der Waals surface area contributed by atoms with Gasteiger partial charge in [0.25, 0.3) is 0 Å². The minimum absolute atomic E-state index is 0.0506. The molecule has 0 radical (unpaired) electrons. The number of carbonyl (C=O) groups is 1. The molecule has 0 saturated carbocycles. The Morgan fingerprint density at radius 2 is 2.00 bits per heavy atom. The highest BCUT2D eigenvalue weighted by atomic mass is 16.5. The van der Waals surface area contributed by atoms with Crippen LogP contribution in [0.2, 0.25) is 0 Å². The fourth-order valence-electron chi connectivity index (χ4n) is 6.20. The molecule has 0 aliphatic carbocycles. The first-order valence-corrected chi connectivity index (χ1v) is 14.8. The van der Waals surface area contributed by atoms with E-state index in [4.69, 9.17) is 23.9 Å². The topological polar surface area (TPSA) is 117 Å². The molecule has 2 aliphatic heterocycles. The fourth-order valence-corrected chi connectivity index (χ4v) is 6.20. The van der Waals surface area contributed by atoms with Gasteiger partial charge in [-0.1, -0.05) is 18.2 Å². The second-order valence-corrected chi connectivity index (χ2v) is 11.3. The zero-order valence-electron chi connectivity index (χ0n) is 24.9. The van der Waals surface area contributed by atoms with Gasteiger partial charge in [-0.3, -0.25) is 4.79 Å².